The number of imidazole rings is 1. The van der Waals surface area contributed by atoms with Gasteiger partial charge in [-0.1, -0.05) is 6.92 Å². The first-order valence-electron chi connectivity index (χ1n) is 6.99. The smallest absolute Gasteiger partial charge is 0.250 e. The Morgan fingerprint density at radius 3 is 2.70 bits per heavy atom. The minimum atomic E-state index is -0.719. The predicted molar refractivity (Wildman–Crippen MR) is 75.0 cm³/mol. The molecule has 0 bridgehead atoms. The lowest BCUT2D eigenvalue weighted by atomic mass is 9.87. The predicted octanol–water partition coefficient (Wildman–Crippen LogP) is 0.699. The topological polar surface area (TPSA) is 58.4 Å². The number of likely N-dealkylation sites (N-methyl/N-ethyl adjacent to an activating group) is 1. The summed E-state index contributed by atoms with van der Waals surface area (Å²) in [4.78, 5) is 32.2. The summed E-state index contributed by atoms with van der Waals surface area (Å²) in [6.45, 7) is 3.00. The van der Waals surface area contributed by atoms with Gasteiger partial charge in [-0.3, -0.25) is 9.59 Å². The number of piperidine rings is 1. The zero-order valence-corrected chi connectivity index (χ0v) is 12.4. The molecular weight excluding hydrogens is 256 g/mol. The molecule has 20 heavy (non-hydrogen) atoms. The molecule has 2 rings (SSSR count). The molecule has 1 unspecified atom stereocenters. The zero-order chi connectivity index (χ0) is 14.8. The first-order chi connectivity index (χ1) is 9.51. The van der Waals surface area contributed by atoms with Crippen molar-refractivity contribution in [1.29, 1.82) is 0 Å². The summed E-state index contributed by atoms with van der Waals surface area (Å²) in [5.41, 5.74) is -0.719. The van der Waals surface area contributed by atoms with Gasteiger partial charge in [-0.2, -0.15) is 0 Å². The van der Waals surface area contributed by atoms with Crippen molar-refractivity contribution >= 4 is 11.8 Å². The standard InChI is InChI=1S/C14H22N4O2/c1-4-12(19)17-8-5-6-14(10-17,13(20)16(2)3)18-9-7-15-11-18/h7,9,11H,4-6,8,10H2,1-3H3. The molecule has 6 nitrogen and oxygen atoms in total. The number of carbonyl (C=O) groups excluding carboxylic acids is 2. The van der Waals surface area contributed by atoms with E-state index in [0.717, 1.165) is 19.4 Å². The van der Waals surface area contributed by atoms with Gasteiger partial charge in [0.2, 0.25) is 11.8 Å². The second-order valence-corrected chi connectivity index (χ2v) is 5.47. The molecule has 0 radical (unpaired) electrons. The first-order valence-corrected chi connectivity index (χ1v) is 6.99. The van der Waals surface area contributed by atoms with Crippen LogP contribution in [0.4, 0.5) is 0 Å². The fourth-order valence-corrected chi connectivity index (χ4v) is 2.90. The Balaban J connectivity index is 2.37. The molecule has 0 saturated carbocycles. The van der Waals surface area contributed by atoms with Gasteiger partial charge >= 0.3 is 0 Å². The number of nitrogens with zero attached hydrogens (tertiary/aromatic N) is 4. The summed E-state index contributed by atoms with van der Waals surface area (Å²) in [6.07, 6.45) is 7.17. The fourth-order valence-electron chi connectivity index (χ4n) is 2.90. The van der Waals surface area contributed by atoms with Gasteiger partial charge in [0.15, 0.2) is 0 Å². The van der Waals surface area contributed by atoms with E-state index in [9.17, 15) is 9.59 Å². The van der Waals surface area contributed by atoms with Gasteiger partial charge in [0.05, 0.1) is 12.9 Å². The van der Waals surface area contributed by atoms with Crippen LogP contribution in [0.2, 0.25) is 0 Å². The van der Waals surface area contributed by atoms with Gasteiger partial charge in [0, 0.05) is 39.5 Å². The van der Waals surface area contributed by atoms with Gasteiger partial charge in [-0.25, -0.2) is 4.98 Å². The van der Waals surface area contributed by atoms with Crippen molar-refractivity contribution in [1.82, 2.24) is 19.4 Å². The molecule has 1 aliphatic rings. The van der Waals surface area contributed by atoms with E-state index in [1.54, 1.807) is 42.6 Å². The van der Waals surface area contributed by atoms with Crippen molar-refractivity contribution in [3.05, 3.63) is 18.7 Å². The minimum absolute atomic E-state index is 0.0177. The van der Waals surface area contributed by atoms with Gasteiger partial charge in [-0.15, -0.1) is 0 Å². The average Bonchev–Trinajstić information content (AvgIpc) is 3.00. The summed E-state index contributed by atoms with van der Waals surface area (Å²) < 4.78 is 1.85. The first kappa shape index (κ1) is 14.6. The quantitative estimate of drug-likeness (QED) is 0.817. The van der Waals surface area contributed by atoms with E-state index in [1.165, 1.54) is 0 Å². The van der Waals surface area contributed by atoms with E-state index in [2.05, 4.69) is 4.98 Å². The van der Waals surface area contributed by atoms with Crippen molar-refractivity contribution in [2.45, 2.75) is 31.7 Å². The maximum atomic E-state index is 12.7. The van der Waals surface area contributed by atoms with E-state index in [-0.39, 0.29) is 11.8 Å². The van der Waals surface area contributed by atoms with Crippen LogP contribution in [-0.4, -0.2) is 58.4 Å². The monoisotopic (exact) mass is 278 g/mol. The molecule has 1 aromatic heterocycles. The Bertz CT molecular complexity index is 483. The van der Waals surface area contributed by atoms with Crippen LogP contribution in [0.3, 0.4) is 0 Å². The number of aromatic nitrogens is 2. The van der Waals surface area contributed by atoms with Crippen LogP contribution in [0, 0.1) is 0 Å². The number of carbonyl (C=O) groups is 2. The highest BCUT2D eigenvalue weighted by molar-refractivity contribution is 5.86. The maximum Gasteiger partial charge on any atom is 0.250 e. The molecule has 1 fully saturated rings. The molecule has 1 aromatic rings. The molecular formula is C14H22N4O2. The van der Waals surface area contributed by atoms with Crippen LogP contribution in [-0.2, 0) is 15.1 Å². The van der Waals surface area contributed by atoms with Crippen molar-refractivity contribution in [3.63, 3.8) is 0 Å². The fraction of sp³-hybridized carbons (Fsp3) is 0.643. The Hall–Kier alpha value is -1.85. The Morgan fingerprint density at radius 1 is 1.40 bits per heavy atom. The third-order valence-corrected chi connectivity index (χ3v) is 3.93. The second-order valence-electron chi connectivity index (χ2n) is 5.47. The van der Waals surface area contributed by atoms with Crippen LogP contribution in [0.1, 0.15) is 26.2 Å². The van der Waals surface area contributed by atoms with Gasteiger partial charge in [0.25, 0.3) is 0 Å². The highest BCUT2D eigenvalue weighted by Gasteiger charge is 2.45. The summed E-state index contributed by atoms with van der Waals surface area (Å²) in [5, 5.41) is 0. The Kier molecular flexibility index (Phi) is 4.11. The molecule has 6 heteroatoms. The molecule has 0 aromatic carbocycles. The van der Waals surface area contributed by atoms with Gasteiger partial charge in [0.1, 0.15) is 5.54 Å². The molecule has 1 aliphatic heterocycles. The molecule has 0 N–H and O–H groups in total. The third-order valence-electron chi connectivity index (χ3n) is 3.93. The summed E-state index contributed by atoms with van der Waals surface area (Å²) in [5.74, 6) is 0.116. The maximum absolute atomic E-state index is 12.7. The average molecular weight is 278 g/mol. The lowest BCUT2D eigenvalue weighted by Crippen LogP contribution is -2.58. The largest absolute Gasteiger partial charge is 0.347 e. The van der Waals surface area contributed by atoms with Gasteiger partial charge < -0.3 is 14.4 Å². The van der Waals surface area contributed by atoms with Crippen molar-refractivity contribution in [2.75, 3.05) is 27.2 Å². The van der Waals surface area contributed by atoms with Crippen molar-refractivity contribution in [2.24, 2.45) is 0 Å². The van der Waals surface area contributed by atoms with Crippen LogP contribution in [0.5, 0.6) is 0 Å². The summed E-state index contributed by atoms with van der Waals surface area (Å²) in [7, 11) is 3.50. The number of hydrogen-bond acceptors (Lipinski definition) is 3. The number of rotatable bonds is 3. The van der Waals surface area contributed by atoms with E-state index in [1.807, 2.05) is 11.5 Å². The van der Waals surface area contributed by atoms with E-state index in [4.69, 9.17) is 0 Å². The normalized spacial score (nSPS) is 22.6. The Labute approximate surface area is 119 Å². The number of hydrogen-bond donors (Lipinski definition) is 0. The Morgan fingerprint density at radius 2 is 2.15 bits per heavy atom. The van der Waals surface area contributed by atoms with E-state index in [0.29, 0.717) is 13.0 Å². The van der Waals surface area contributed by atoms with Crippen LogP contribution in [0.15, 0.2) is 18.7 Å². The summed E-state index contributed by atoms with van der Waals surface area (Å²) >= 11 is 0. The lowest BCUT2D eigenvalue weighted by Gasteiger charge is -2.43. The molecule has 0 aliphatic carbocycles. The number of likely N-dealkylation sites (tertiary alicyclic amines) is 1. The van der Waals surface area contributed by atoms with E-state index >= 15 is 0 Å². The van der Waals surface area contributed by atoms with Crippen LogP contribution in [0.25, 0.3) is 0 Å². The van der Waals surface area contributed by atoms with E-state index < -0.39 is 5.54 Å². The van der Waals surface area contributed by atoms with Crippen molar-refractivity contribution in [3.8, 4) is 0 Å². The highest BCUT2D eigenvalue weighted by Crippen LogP contribution is 2.31. The SMILES string of the molecule is CCC(=O)N1CCCC(C(=O)N(C)C)(n2ccnc2)C1. The molecule has 0 spiro atoms. The number of amides is 2. The zero-order valence-electron chi connectivity index (χ0n) is 12.4. The van der Waals surface area contributed by atoms with Crippen LogP contribution >= 0.6 is 0 Å². The molecule has 110 valence electrons. The molecule has 2 heterocycles. The molecule has 2 amide bonds. The van der Waals surface area contributed by atoms with Gasteiger partial charge in [-0.05, 0) is 12.8 Å². The highest BCUT2D eigenvalue weighted by atomic mass is 16.2. The van der Waals surface area contributed by atoms with Crippen LogP contribution < -0.4 is 0 Å². The summed E-state index contributed by atoms with van der Waals surface area (Å²) in [6, 6.07) is 0. The molecule has 1 saturated heterocycles. The second kappa shape index (κ2) is 5.64. The molecule has 1 atom stereocenters. The lowest BCUT2D eigenvalue weighted by molar-refractivity contribution is -0.145. The minimum Gasteiger partial charge on any atom is -0.347 e. The third kappa shape index (κ3) is 2.42. The van der Waals surface area contributed by atoms with Crippen molar-refractivity contribution < 1.29 is 9.59 Å².